The molecule has 1 heterocycles. The number of esters is 1. The second kappa shape index (κ2) is 6.96. The third-order valence-corrected chi connectivity index (χ3v) is 3.50. The van der Waals surface area contributed by atoms with Crippen LogP contribution in [-0.2, 0) is 9.53 Å². The predicted molar refractivity (Wildman–Crippen MR) is 93.8 cm³/mol. The Bertz CT molecular complexity index is 848. The van der Waals surface area contributed by atoms with Crippen LogP contribution in [0.15, 0.2) is 76.9 Å². The number of nitrogens with zero attached hydrogens (tertiary/aromatic N) is 1. The summed E-state index contributed by atoms with van der Waals surface area (Å²) >= 11 is 0. The minimum atomic E-state index is -0.450. The quantitative estimate of drug-likeness (QED) is 0.632. The molecule has 0 spiro atoms. The summed E-state index contributed by atoms with van der Waals surface area (Å²) < 4.78 is 10.5. The normalized spacial score (nSPS) is 16.1. The lowest BCUT2D eigenvalue weighted by Crippen LogP contribution is -2.05. The Kier molecular flexibility index (Phi) is 4.57. The van der Waals surface area contributed by atoms with Crippen molar-refractivity contribution in [1.29, 1.82) is 0 Å². The molecule has 0 saturated heterocycles. The van der Waals surface area contributed by atoms with E-state index < -0.39 is 5.97 Å². The van der Waals surface area contributed by atoms with Gasteiger partial charge < -0.3 is 9.47 Å². The lowest BCUT2D eigenvalue weighted by molar-refractivity contribution is -0.130. The van der Waals surface area contributed by atoms with Crippen LogP contribution in [0.4, 0.5) is 0 Å². The Labute approximate surface area is 140 Å². The smallest absolute Gasteiger partial charge is 0.363 e. The molecule has 0 aliphatic carbocycles. The number of hydrogen-bond donors (Lipinski definition) is 0. The van der Waals surface area contributed by atoms with Crippen molar-refractivity contribution < 1.29 is 14.3 Å². The molecular weight excluding hydrogens is 302 g/mol. The SMILES string of the molecule is COc1cccc(C2=N/C(=C\C(C)=Cc3ccccc3)C(=O)O2)c1. The largest absolute Gasteiger partial charge is 0.497 e. The Morgan fingerprint density at radius 3 is 2.67 bits per heavy atom. The number of benzene rings is 2. The summed E-state index contributed by atoms with van der Waals surface area (Å²) in [6, 6.07) is 17.2. The highest BCUT2D eigenvalue weighted by Crippen LogP contribution is 2.21. The molecule has 120 valence electrons. The molecule has 1 aliphatic heterocycles. The topological polar surface area (TPSA) is 47.9 Å². The van der Waals surface area contributed by atoms with Gasteiger partial charge in [0.2, 0.25) is 5.90 Å². The van der Waals surface area contributed by atoms with Crippen molar-refractivity contribution in [3.8, 4) is 5.75 Å². The van der Waals surface area contributed by atoms with E-state index in [4.69, 9.17) is 9.47 Å². The third-order valence-electron chi connectivity index (χ3n) is 3.50. The lowest BCUT2D eigenvalue weighted by atomic mass is 10.1. The molecule has 0 amide bonds. The molecule has 0 atom stereocenters. The van der Waals surface area contributed by atoms with Gasteiger partial charge in [-0.1, -0.05) is 42.5 Å². The van der Waals surface area contributed by atoms with E-state index in [-0.39, 0.29) is 11.6 Å². The number of carbonyl (C=O) groups is 1. The van der Waals surface area contributed by atoms with Crippen molar-refractivity contribution in [1.82, 2.24) is 0 Å². The number of aliphatic imine (C=N–C) groups is 1. The maximum absolute atomic E-state index is 12.0. The van der Waals surface area contributed by atoms with Crippen LogP contribution in [0.25, 0.3) is 6.08 Å². The van der Waals surface area contributed by atoms with Gasteiger partial charge in [0, 0.05) is 5.56 Å². The summed E-state index contributed by atoms with van der Waals surface area (Å²) in [5, 5.41) is 0. The highest BCUT2D eigenvalue weighted by Gasteiger charge is 2.24. The number of cyclic esters (lactones) is 1. The summed E-state index contributed by atoms with van der Waals surface area (Å²) in [5.41, 5.74) is 2.98. The molecule has 0 N–H and O–H groups in total. The van der Waals surface area contributed by atoms with E-state index >= 15 is 0 Å². The Hall–Kier alpha value is -3.14. The van der Waals surface area contributed by atoms with E-state index in [1.165, 1.54) is 0 Å². The number of allylic oxidation sites excluding steroid dienone is 2. The summed E-state index contributed by atoms with van der Waals surface area (Å²) in [7, 11) is 1.59. The second-order valence-electron chi connectivity index (χ2n) is 5.37. The van der Waals surface area contributed by atoms with Crippen LogP contribution in [0.2, 0.25) is 0 Å². The zero-order chi connectivity index (χ0) is 16.9. The second-order valence-corrected chi connectivity index (χ2v) is 5.37. The standard InChI is InChI=1S/C20H17NO3/c1-14(11-15-7-4-3-5-8-15)12-18-20(22)24-19(21-18)16-9-6-10-17(13-16)23-2/h3-13H,1-2H3/b14-11?,18-12-. The van der Waals surface area contributed by atoms with Crippen molar-refractivity contribution >= 4 is 17.9 Å². The predicted octanol–water partition coefficient (Wildman–Crippen LogP) is 3.99. The fourth-order valence-electron chi connectivity index (χ4n) is 2.36. The minimum absolute atomic E-state index is 0.289. The van der Waals surface area contributed by atoms with Crippen LogP contribution < -0.4 is 4.74 Å². The Morgan fingerprint density at radius 2 is 1.92 bits per heavy atom. The number of hydrogen-bond acceptors (Lipinski definition) is 4. The first-order valence-electron chi connectivity index (χ1n) is 7.56. The van der Waals surface area contributed by atoms with Gasteiger partial charge in [-0.3, -0.25) is 0 Å². The van der Waals surface area contributed by atoms with Crippen LogP contribution in [0, 0.1) is 0 Å². The lowest BCUT2D eigenvalue weighted by Gasteiger charge is -2.02. The fraction of sp³-hybridized carbons (Fsp3) is 0.100. The fourth-order valence-corrected chi connectivity index (χ4v) is 2.36. The van der Waals surface area contributed by atoms with Gasteiger partial charge in [0.15, 0.2) is 5.70 Å². The van der Waals surface area contributed by atoms with Gasteiger partial charge in [-0.2, -0.15) is 0 Å². The van der Waals surface area contributed by atoms with Crippen LogP contribution >= 0.6 is 0 Å². The van der Waals surface area contributed by atoms with E-state index in [9.17, 15) is 4.79 Å². The molecule has 0 bridgehead atoms. The molecule has 0 saturated carbocycles. The summed E-state index contributed by atoms with van der Waals surface area (Å²) in [4.78, 5) is 16.3. The van der Waals surface area contributed by atoms with Crippen molar-refractivity contribution in [3.63, 3.8) is 0 Å². The summed E-state index contributed by atoms with van der Waals surface area (Å²) in [5.74, 6) is 0.523. The highest BCUT2D eigenvalue weighted by molar-refractivity contribution is 6.11. The average Bonchev–Trinajstić information content (AvgIpc) is 2.96. The molecule has 0 radical (unpaired) electrons. The molecule has 2 aromatic carbocycles. The molecule has 24 heavy (non-hydrogen) atoms. The number of rotatable bonds is 4. The molecule has 0 fully saturated rings. The first-order chi connectivity index (χ1) is 11.7. The van der Waals surface area contributed by atoms with Crippen molar-refractivity contribution in [3.05, 3.63) is 83.1 Å². The van der Waals surface area contributed by atoms with E-state index in [2.05, 4.69) is 4.99 Å². The molecule has 0 unspecified atom stereocenters. The van der Waals surface area contributed by atoms with E-state index in [0.29, 0.717) is 11.3 Å². The molecule has 3 rings (SSSR count). The van der Waals surface area contributed by atoms with Crippen LogP contribution in [-0.4, -0.2) is 19.0 Å². The zero-order valence-corrected chi connectivity index (χ0v) is 13.5. The van der Waals surface area contributed by atoms with Gasteiger partial charge in [0.05, 0.1) is 7.11 Å². The van der Waals surface area contributed by atoms with Crippen LogP contribution in [0.1, 0.15) is 18.1 Å². The minimum Gasteiger partial charge on any atom is -0.497 e. The van der Waals surface area contributed by atoms with Crippen molar-refractivity contribution in [2.45, 2.75) is 6.92 Å². The molecule has 4 nitrogen and oxygen atoms in total. The van der Waals surface area contributed by atoms with E-state index in [1.54, 1.807) is 19.3 Å². The Balaban J connectivity index is 1.87. The van der Waals surface area contributed by atoms with Gasteiger partial charge >= 0.3 is 5.97 Å². The third kappa shape index (κ3) is 3.60. The molecule has 2 aromatic rings. The molecule has 4 heteroatoms. The summed E-state index contributed by atoms with van der Waals surface area (Å²) in [6.45, 7) is 1.92. The van der Waals surface area contributed by atoms with Gasteiger partial charge in [0.25, 0.3) is 0 Å². The summed E-state index contributed by atoms with van der Waals surface area (Å²) in [6.07, 6.45) is 3.71. The number of carbonyl (C=O) groups excluding carboxylic acids is 1. The number of methoxy groups -OCH3 is 1. The maximum Gasteiger partial charge on any atom is 0.363 e. The van der Waals surface area contributed by atoms with E-state index in [0.717, 1.165) is 11.1 Å². The zero-order valence-electron chi connectivity index (χ0n) is 13.5. The first kappa shape index (κ1) is 15.7. The van der Waals surface area contributed by atoms with Gasteiger partial charge in [-0.05, 0) is 42.3 Å². The first-order valence-corrected chi connectivity index (χ1v) is 7.56. The molecule has 1 aliphatic rings. The molecule has 0 aromatic heterocycles. The number of ether oxygens (including phenoxy) is 2. The average molecular weight is 319 g/mol. The van der Waals surface area contributed by atoms with Crippen molar-refractivity contribution in [2.24, 2.45) is 4.99 Å². The maximum atomic E-state index is 12.0. The van der Waals surface area contributed by atoms with Crippen LogP contribution in [0.3, 0.4) is 0 Å². The molecular formula is C20H17NO3. The van der Waals surface area contributed by atoms with E-state index in [1.807, 2.05) is 61.5 Å². The van der Waals surface area contributed by atoms with Crippen LogP contribution in [0.5, 0.6) is 5.75 Å². The van der Waals surface area contributed by atoms with Gasteiger partial charge in [-0.25, -0.2) is 9.79 Å². The highest BCUT2D eigenvalue weighted by atomic mass is 16.6. The van der Waals surface area contributed by atoms with Crippen molar-refractivity contribution in [2.75, 3.05) is 7.11 Å². The monoisotopic (exact) mass is 319 g/mol. The van der Waals surface area contributed by atoms with Gasteiger partial charge in [-0.15, -0.1) is 0 Å². The van der Waals surface area contributed by atoms with Gasteiger partial charge in [0.1, 0.15) is 5.75 Å². The Morgan fingerprint density at radius 1 is 1.12 bits per heavy atom.